The molecule has 0 aromatic rings. The van der Waals surface area contributed by atoms with E-state index in [2.05, 4.69) is 62.8 Å². The van der Waals surface area contributed by atoms with Gasteiger partial charge in [-0.2, -0.15) is 0 Å². The molecule has 0 spiro atoms. The molecule has 0 aliphatic rings. The molecule has 3 heteroatoms. The van der Waals surface area contributed by atoms with Crippen LogP contribution in [0.2, 0.25) is 0 Å². The highest BCUT2D eigenvalue weighted by Crippen LogP contribution is 2.03. The molecule has 136 valence electrons. The van der Waals surface area contributed by atoms with Crippen molar-refractivity contribution >= 4 is 0 Å². The lowest BCUT2D eigenvalue weighted by Crippen LogP contribution is -2.31. The van der Waals surface area contributed by atoms with Gasteiger partial charge in [0.2, 0.25) is 0 Å². The van der Waals surface area contributed by atoms with E-state index in [1.54, 1.807) is 0 Å². The molecule has 0 saturated carbocycles. The number of hydrogen-bond donors (Lipinski definition) is 3. The first kappa shape index (κ1) is 24.4. The summed E-state index contributed by atoms with van der Waals surface area (Å²) in [6.07, 6.45) is 12.6. The van der Waals surface area contributed by atoms with Crippen molar-refractivity contribution in [2.75, 3.05) is 26.7 Å². The molecule has 1 unspecified atom stereocenters. The lowest BCUT2D eigenvalue weighted by molar-refractivity contribution is 0.446. The third-order valence-corrected chi connectivity index (χ3v) is 3.58. The van der Waals surface area contributed by atoms with Crippen LogP contribution in [0.3, 0.4) is 0 Å². The van der Waals surface area contributed by atoms with Crippen LogP contribution in [0.4, 0.5) is 0 Å². The molecule has 0 aromatic heterocycles. The number of hydrogen-bond acceptors (Lipinski definition) is 3. The highest BCUT2D eigenvalue weighted by Gasteiger charge is 2.03. The van der Waals surface area contributed by atoms with Gasteiger partial charge in [-0.05, 0) is 58.8 Å². The third kappa shape index (κ3) is 17.3. The standard InChI is InChI=1S/C19H36N2.CH5N/c1-6-9-11-19(8-3)21-15-10-14-20-16-18(7-2)13-12-17(4)5;1-2/h7,12-13,19-21H,2,6,8-11,14-16H2,1,3-5H3;2H2,1H3/b18-13+;. The molecule has 0 bridgehead atoms. The molecule has 23 heavy (non-hydrogen) atoms. The zero-order chi connectivity index (χ0) is 17.9. The van der Waals surface area contributed by atoms with Crippen molar-refractivity contribution in [1.82, 2.24) is 10.6 Å². The van der Waals surface area contributed by atoms with Crippen molar-refractivity contribution in [3.8, 4) is 0 Å². The molecule has 0 aliphatic heterocycles. The van der Waals surface area contributed by atoms with E-state index in [0.717, 1.165) is 19.6 Å². The highest BCUT2D eigenvalue weighted by atomic mass is 14.9. The minimum atomic E-state index is 0.700. The third-order valence-electron chi connectivity index (χ3n) is 3.58. The molecule has 0 radical (unpaired) electrons. The first-order valence-corrected chi connectivity index (χ1v) is 9.12. The Balaban J connectivity index is 0. The Labute approximate surface area is 145 Å². The van der Waals surface area contributed by atoms with Gasteiger partial charge in [-0.3, -0.25) is 0 Å². The summed E-state index contributed by atoms with van der Waals surface area (Å²) in [5.41, 5.74) is 7.06. The Morgan fingerprint density at radius 1 is 1.09 bits per heavy atom. The van der Waals surface area contributed by atoms with Gasteiger partial charge in [0.1, 0.15) is 0 Å². The molecule has 0 fully saturated rings. The summed E-state index contributed by atoms with van der Waals surface area (Å²) >= 11 is 0. The van der Waals surface area contributed by atoms with Crippen LogP contribution >= 0.6 is 0 Å². The molecule has 0 saturated heterocycles. The number of rotatable bonds is 13. The van der Waals surface area contributed by atoms with Crippen molar-refractivity contribution in [3.05, 3.63) is 36.0 Å². The Morgan fingerprint density at radius 3 is 2.30 bits per heavy atom. The van der Waals surface area contributed by atoms with Crippen molar-refractivity contribution in [1.29, 1.82) is 0 Å². The van der Waals surface area contributed by atoms with Crippen molar-refractivity contribution in [2.24, 2.45) is 5.73 Å². The largest absolute Gasteiger partial charge is 0.333 e. The minimum absolute atomic E-state index is 0.700. The Bertz CT molecular complexity index is 315. The van der Waals surface area contributed by atoms with Crippen molar-refractivity contribution < 1.29 is 0 Å². The lowest BCUT2D eigenvalue weighted by Gasteiger charge is -2.16. The van der Waals surface area contributed by atoms with Crippen molar-refractivity contribution in [3.63, 3.8) is 0 Å². The second-order valence-electron chi connectivity index (χ2n) is 5.92. The molecule has 0 heterocycles. The van der Waals surface area contributed by atoms with E-state index in [9.17, 15) is 0 Å². The topological polar surface area (TPSA) is 50.1 Å². The molecule has 0 aliphatic carbocycles. The normalized spacial score (nSPS) is 12.2. The summed E-state index contributed by atoms with van der Waals surface area (Å²) in [7, 11) is 1.50. The highest BCUT2D eigenvalue weighted by molar-refractivity contribution is 5.24. The zero-order valence-corrected chi connectivity index (χ0v) is 16.3. The summed E-state index contributed by atoms with van der Waals surface area (Å²) < 4.78 is 0. The van der Waals surface area contributed by atoms with Gasteiger partial charge >= 0.3 is 0 Å². The van der Waals surface area contributed by atoms with E-state index < -0.39 is 0 Å². The van der Waals surface area contributed by atoms with E-state index in [4.69, 9.17) is 0 Å². The predicted molar refractivity (Wildman–Crippen MR) is 107 cm³/mol. The Morgan fingerprint density at radius 2 is 1.78 bits per heavy atom. The van der Waals surface area contributed by atoms with E-state index >= 15 is 0 Å². The summed E-state index contributed by atoms with van der Waals surface area (Å²) in [5.74, 6) is 0. The molecule has 4 N–H and O–H groups in total. The number of nitrogens with one attached hydrogen (secondary N) is 2. The fourth-order valence-corrected chi connectivity index (χ4v) is 2.13. The van der Waals surface area contributed by atoms with Gasteiger partial charge in [0.15, 0.2) is 0 Å². The number of nitrogens with two attached hydrogens (primary N) is 1. The quantitative estimate of drug-likeness (QED) is 0.352. The van der Waals surface area contributed by atoms with E-state index in [-0.39, 0.29) is 0 Å². The second-order valence-corrected chi connectivity index (χ2v) is 5.92. The Hall–Kier alpha value is -0.900. The van der Waals surface area contributed by atoms with Crippen LogP contribution in [0.25, 0.3) is 0 Å². The van der Waals surface area contributed by atoms with Crippen LogP contribution < -0.4 is 16.4 Å². The molecule has 0 rings (SSSR count). The monoisotopic (exact) mass is 323 g/mol. The van der Waals surface area contributed by atoms with E-state index in [0.29, 0.717) is 6.04 Å². The maximum Gasteiger partial charge on any atom is 0.0205 e. The van der Waals surface area contributed by atoms with Gasteiger partial charge < -0.3 is 16.4 Å². The van der Waals surface area contributed by atoms with Crippen LogP contribution in [0.1, 0.15) is 59.8 Å². The summed E-state index contributed by atoms with van der Waals surface area (Å²) in [5, 5.41) is 7.15. The van der Waals surface area contributed by atoms with E-state index in [1.165, 1.54) is 50.3 Å². The molecule has 0 amide bonds. The first-order valence-electron chi connectivity index (χ1n) is 9.12. The van der Waals surface area contributed by atoms with Gasteiger partial charge in [0, 0.05) is 12.6 Å². The molecular formula is C20H41N3. The van der Waals surface area contributed by atoms with Gasteiger partial charge in [0.05, 0.1) is 0 Å². The second kappa shape index (κ2) is 19.1. The average molecular weight is 324 g/mol. The summed E-state index contributed by atoms with van der Waals surface area (Å²) in [6.45, 7) is 15.7. The lowest BCUT2D eigenvalue weighted by atomic mass is 10.1. The Kier molecular flexibility index (Phi) is 20.3. The van der Waals surface area contributed by atoms with Crippen LogP contribution in [0.5, 0.6) is 0 Å². The van der Waals surface area contributed by atoms with Gasteiger partial charge in [-0.25, -0.2) is 0 Å². The smallest absolute Gasteiger partial charge is 0.0205 e. The predicted octanol–water partition coefficient (Wildman–Crippen LogP) is 4.18. The molecule has 3 nitrogen and oxygen atoms in total. The van der Waals surface area contributed by atoms with Crippen LogP contribution in [0.15, 0.2) is 36.0 Å². The molecule has 1 atom stereocenters. The van der Waals surface area contributed by atoms with Gasteiger partial charge in [-0.15, -0.1) is 0 Å². The van der Waals surface area contributed by atoms with Crippen LogP contribution in [-0.4, -0.2) is 32.7 Å². The van der Waals surface area contributed by atoms with Gasteiger partial charge in [-0.1, -0.05) is 57.1 Å². The van der Waals surface area contributed by atoms with Crippen LogP contribution in [-0.2, 0) is 0 Å². The maximum absolute atomic E-state index is 4.50. The summed E-state index contributed by atoms with van der Waals surface area (Å²) in [4.78, 5) is 0. The minimum Gasteiger partial charge on any atom is -0.333 e. The average Bonchev–Trinajstić information content (AvgIpc) is 2.57. The first-order chi connectivity index (χ1) is 11.1. The maximum atomic E-state index is 4.50. The fourth-order valence-electron chi connectivity index (χ4n) is 2.13. The van der Waals surface area contributed by atoms with Gasteiger partial charge in [0.25, 0.3) is 0 Å². The fraction of sp³-hybridized carbons (Fsp3) is 0.700. The van der Waals surface area contributed by atoms with Crippen molar-refractivity contribution in [2.45, 2.75) is 65.8 Å². The molecular weight excluding hydrogens is 282 g/mol. The number of allylic oxidation sites excluding steroid dienone is 3. The van der Waals surface area contributed by atoms with E-state index in [1.807, 2.05) is 6.08 Å². The van der Waals surface area contributed by atoms with Crippen LogP contribution in [0, 0.1) is 0 Å². The number of unbranched alkanes of at least 4 members (excludes halogenated alkanes) is 1. The summed E-state index contributed by atoms with van der Waals surface area (Å²) in [6, 6.07) is 0.700. The zero-order valence-electron chi connectivity index (χ0n) is 16.3. The SMILES string of the molecule is C=C/C(=C\C=C(C)C)CNCCCNC(CC)CCCC.CN. The molecule has 0 aromatic carbocycles.